The highest BCUT2D eigenvalue weighted by molar-refractivity contribution is 5.76. The van der Waals surface area contributed by atoms with Gasteiger partial charge in [0.05, 0.1) is 31.4 Å². The fraction of sp³-hybridized carbons (Fsp3) is 0.692. The van der Waals surface area contributed by atoms with Gasteiger partial charge in [0.1, 0.15) is 0 Å². The Morgan fingerprint density at radius 2 is 2.26 bits per heavy atom. The molecule has 6 nitrogen and oxygen atoms in total. The molecule has 0 spiro atoms. The Morgan fingerprint density at radius 1 is 1.47 bits per heavy atom. The number of hydrogen-bond donors (Lipinski definition) is 0. The number of fused-ring (bicyclic) bond motifs is 1. The summed E-state index contributed by atoms with van der Waals surface area (Å²) in [6.07, 6.45) is 2.35. The van der Waals surface area contributed by atoms with E-state index in [1.165, 1.54) is 5.69 Å². The van der Waals surface area contributed by atoms with E-state index >= 15 is 0 Å². The van der Waals surface area contributed by atoms with Crippen molar-refractivity contribution in [3.63, 3.8) is 0 Å². The number of ether oxygens (including phenoxy) is 1. The Balaban J connectivity index is 1.68. The van der Waals surface area contributed by atoms with E-state index in [1.54, 1.807) is 0 Å². The zero-order valence-corrected chi connectivity index (χ0v) is 11.3. The summed E-state index contributed by atoms with van der Waals surface area (Å²) in [7, 11) is 2.09. The molecule has 0 N–H and O–H groups in total. The molecule has 1 fully saturated rings. The maximum Gasteiger partial charge on any atom is 0.224 e. The van der Waals surface area contributed by atoms with Gasteiger partial charge in [-0.2, -0.15) is 5.10 Å². The van der Waals surface area contributed by atoms with Crippen LogP contribution in [0.25, 0.3) is 0 Å². The predicted molar refractivity (Wildman–Crippen MR) is 69.6 cm³/mol. The molecule has 1 aromatic rings. The van der Waals surface area contributed by atoms with Crippen molar-refractivity contribution in [3.8, 4) is 0 Å². The number of rotatable bonds is 2. The van der Waals surface area contributed by atoms with Crippen LogP contribution < -0.4 is 0 Å². The number of likely N-dealkylation sites (N-methyl/N-ethyl adjacent to an activating group) is 1. The van der Waals surface area contributed by atoms with Crippen molar-refractivity contribution in [2.75, 3.05) is 39.9 Å². The molecule has 0 radical (unpaired) electrons. The molecule has 19 heavy (non-hydrogen) atoms. The lowest BCUT2D eigenvalue weighted by Gasteiger charge is -2.33. The van der Waals surface area contributed by atoms with Crippen LogP contribution in [-0.2, 0) is 16.1 Å². The van der Waals surface area contributed by atoms with Crippen LogP contribution in [0.4, 0.5) is 0 Å². The normalized spacial score (nSPS) is 24.3. The van der Waals surface area contributed by atoms with Crippen molar-refractivity contribution in [2.24, 2.45) is 0 Å². The molecule has 1 aromatic heterocycles. The average molecular weight is 264 g/mol. The number of carbonyl (C=O) groups is 1. The van der Waals surface area contributed by atoms with Crippen LogP contribution in [0.1, 0.15) is 18.2 Å². The van der Waals surface area contributed by atoms with E-state index in [4.69, 9.17) is 4.74 Å². The second-order valence-electron chi connectivity index (χ2n) is 5.31. The van der Waals surface area contributed by atoms with Gasteiger partial charge in [0.2, 0.25) is 5.91 Å². The highest BCUT2D eigenvalue weighted by Gasteiger charge is 2.27. The predicted octanol–water partition coefficient (Wildman–Crippen LogP) is 0.119. The Morgan fingerprint density at radius 3 is 3.05 bits per heavy atom. The van der Waals surface area contributed by atoms with Gasteiger partial charge >= 0.3 is 0 Å². The molecule has 0 aromatic carbocycles. The van der Waals surface area contributed by atoms with Gasteiger partial charge in [-0.15, -0.1) is 0 Å². The van der Waals surface area contributed by atoms with Crippen molar-refractivity contribution < 1.29 is 9.53 Å². The lowest BCUT2D eigenvalue weighted by Crippen LogP contribution is -2.43. The molecule has 1 amide bonds. The zero-order chi connectivity index (χ0) is 13.2. The monoisotopic (exact) mass is 264 g/mol. The minimum Gasteiger partial charge on any atom is -0.378 e. The third kappa shape index (κ3) is 2.64. The summed E-state index contributed by atoms with van der Waals surface area (Å²) in [5, 5.41) is 4.37. The standard InChI is InChI=1S/C13H20N4O2/c1-15-9-11-2-3-14-17(11)12(10-15)8-13(18)16-4-6-19-7-5-16/h2-3,12H,4-10H2,1H3. The lowest BCUT2D eigenvalue weighted by molar-refractivity contribution is -0.136. The van der Waals surface area contributed by atoms with Crippen molar-refractivity contribution in [1.82, 2.24) is 19.6 Å². The molecule has 1 saturated heterocycles. The Hall–Kier alpha value is -1.40. The molecule has 3 heterocycles. The van der Waals surface area contributed by atoms with E-state index in [2.05, 4.69) is 17.0 Å². The van der Waals surface area contributed by atoms with Crippen molar-refractivity contribution in [1.29, 1.82) is 0 Å². The molecule has 104 valence electrons. The third-order valence-corrected chi connectivity index (χ3v) is 3.83. The van der Waals surface area contributed by atoms with E-state index in [-0.39, 0.29) is 11.9 Å². The van der Waals surface area contributed by atoms with Crippen LogP contribution in [0.15, 0.2) is 12.3 Å². The van der Waals surface area contributed by atoms with E-state index in [1.807, 2.05) is 21.8 Å². The van der Waals surface area contributed by atoms with Crippen LogP contribution in [0.2, 0.25) is 0 Å². The molecule has 0 aliphatic carbocycles. The van der Waals surface area contributed by atoms with E-state index in [0.29, 0.717) is 32.7 Å². The molecule has 0 bridgehead atoms. The average Bonchev–Trinajstić information content (AvgIpc) is 2.88. The minimum absolute atomic E-state index is 0.152. The van der Waals surface area contributed by atoms with Gasteiger partial charge in [0.25, 0.3) is 0 Å². The molecule has 1 atom stereocenters. The molecule has 6 heteroatoms. The maximum atomic E-state index is 12.3. The van der Waals surface area contributed by atoms with Gasteiger partial charge in [-0.1, -0.05) is 0 Å². The number of amides is 1. The van der Waals surface area contributed by atoms with Crippen LogP contribution in [-0.4, -0.2) is 65.4 Å². The van der Waals surface area contributed by atoms with Crippen molar-refractivity contribution >= 4 is 5.91 Å². The summed E-state index contributed by atoms with van der Waals surface area (Å²) < 4.78 is 7.29. The minimum atomic E-state index is 0.152. The Bertz CT molecular complexity index is 453. The first-order chi connectivity index (χ1) is 9.24. The molecule has 2 aliphatic heterocycles. The van der Waals surface area contributed by atoms with Gasteiger partial charge in [-0.05, 0) is 13.1 Å². The lowest BCUT2D eigenvalue weighted by atomic mass is 10.1. The quantitative estimate of drug-likeness (QED) is 0.761. The SMILES string of the molecule is CN1Cc2ccnn2C(CC(=O)N2CCOCC2)C1. The van der Waals surface area contributed by atoms with E-state index < -0.39 is 0 Å². The van der Waals surface area contributed by atoms with Crippen LogP contribution in [0, 0.1) is 0 Å². The highest BCUT2D eigenvalue weighted by atomic mass is 16.5. The van der Waals surface area contributed by atoms with Gasteiger partial charge in [0.15, 0.2) is 0 Å². The number of aromatic nitrogens is 2. The fourth-order valence-electron chi connectivity index (χ4n) is 2.87. The van der Waals surface area contributed by atoms with Gasteiger partial charge in [-0.25, -0.2) is 0 Å². The number of nitrogens with zero attached hydrogens (tertiary/aromatic N) is 4. The zero-order valence-electron chi connectivity index (χ0n) is 11.3. The van der Waals surface area contributed by atoms with Gasteiger partial charge in [0, 0.05) is 32.4 Å². The molecule has 2 aliphatic rings. The third-order valence-electron chi connectivity index (χ3n) is 3.83. The first-order valence-electron chi connectivity index (χ1n) is 6.80. The summed E-state index contributed by atoms with van der Waals surface area (Å²) in [6, 6.07) is 2.18. The topological polar surface area (TPSA) is 50.6 Å². The second-order valence-corrected chi connectivity index (χ2v) is 5.31. The van der Waals surface area contributed by atoms with E-state index in [9.17, 15) is 4.79 Å². The van der Waals surface area contributed by atoms with Gasteiger partial charge in [-0.3, -0.25) is 14.4 Å². The fourth-order valence-corrected chi connectivity index (χ4v) is 2.87. The molecular formula is C13H20N4O2. The Labute approximate surface area is 112 Å². The second kappa shape index (κ2) is 5.30. The first kappa shape index (κ1) is 12.6. The molecule has 1 unspecified atom stereocenters. The summed E-state index contributed by atoms with van der Waals surface area (Å²) in [5.41, 5.74) is 1.19. The first-order valence-corrected chi connectivity index (χ1v) is 6.80. The summed E-state index contributed by atoms with van der Waals surface area (Å²) >= 11 is 0. The summed E-state index contributed by atoms with van der Waals surface area (Å²) in [5.74, 6) is 0.213. The highest BCUT2D eigenvalue weighted by Crippen LogP contribution is 2.22. The van der Waals surface area contributed by atoms with Gasteiger partial charge < -0.3 is 9.64 Å². The van der Waals surface area contributed by atoms with Crippen molar-refractivity contribution in [2.45, 2.75) is 19.0 Å². The number of carbonyl (C=O) groups excluding carboxylic acids is 1. The van der Waals surface area contributed by atoms with E-state index in [0.717, 1.165) is 13.1 Å². The van der Waals surface area contributed by atoms with Crippen molar-refractivity contribution in [3.05, 3.63) is 18.0 Å². The largest absolute Gasteiger partial charge is 0.378 e. The smallest absolute Gasteiger partial charge is 0.224 e. The Kier molecular flexibility index (Phi) is 3.52. The van der Waals surface area contributed by atoms with Crippen LogP contribution in [0.5, 0.6) is 0 Å². The maximum absolute atomic E-state index is 12.3. The molecular weight excluding hydrogens is 244 g/mol. The molecule has 0 saturated carbocycles. The van der Waals surface area contributed by atoms with Crippen LogP contribution >= 0.6 is 0 Å². The summed E-state index contributed by atoms with van der Waals surface area (Å²) in [6.45, 7) is 4.53. The van der Waals surface area contributed by atoms with Crippen LogP contribution in [0.3, 0.4) is 0 Å². The molecule has 3 rings (SSSR count). The number of hydrogen-bond acceptors (Lipinski definition) is 4. The summed E-state index contributed by atoms with van der Waals surface area (Å²) in [4.78, 5) is 16.5. The number of morpholine rings is 1.